The van der Waals surface area contributed by atoms with Gasteiger partial charge in [0, 0.05) is 11.6 Å². The maximum atomic E-state index is 6.08. The van der Waals surface area contributed by atoms with Gasteiger partial charge in [-0.3, -0.25) is 0 Å². The van der Waals surface area contributed by atoms with E-state index in [2.05, 4.69) is 37.4 Å². The van der Waals surface area contributed by atoms with Gasteiger partial charge in [-0.1, -0.05) is 50.4 Å². The number of benzene rings is 1. The number of hydrogen-bond acceptors (Lipinski definition) is 1. The summed E-state index contributed by atoms with van der Waals surface area (Å²) >= 11 is 6.08. The molecule has 0 saturated heterocycles. The average Bonchev–Trinajstić information content (AvgIpc) is 2.36. The fourth-order valence-electron chi connectivity index (χ4n) is 2.67. The Morgan fingerprint density at radius 1 is 1.28 bits per heavy atom. The Bertz CT molecular complexity index is 351. The van der Waals surface area contributed by atoms with Crippen LogP contribution in [0.1, 0.15) is 45.1 Å². The van der Waals surface area contributed by atoms with E-state index in [-0.39, 0.29) is 0 Å². The van der Waals surface area contributed by atoms with E-state index in [0.717, 1.165) is 18.0 Å². The van der Waals surface area contributed by atoms with Gasteiger partial charge in [0.1, 0.15) is 0 Å². The number of rotatable bonds is 8. The molecular weight excluding hydrogens is 242 g/mol. The zero-order chi connectivity index (χ0) is 13.4. The Balaban J connectivity index is 2.82. The predicted molar refractivity (Wildman–Crippen MR) is 81.3 cm³/mol. The fraction of sp³-hybridized carbons (Fsp3) is 0.625. The van der Waals surface area contributed by atoms with E-state index in [4.69, 9.17) is 11.6 Å². The third-order valence-electron chi connectivity index (χ3n) is 3.83. The van der Waals surface area contributed by atoms with Crippen molar-refractivity contribution < 1.29 is 0 Å². The normalized spacial score (nSPS) is 14.4. The maximum absolute atomic E-state index is 6.08. The first kappa shape index (κ1) is 15.5. The molecule has 1 atom stereocenters. The van der Waals surface area contributed by atoms with Crippen LogP contribution in [0.2, 0.25) is 5.02 Å². The highest BCUT2D eigenvalue weighted by Crippen LogP contribution is 2.33. The molecule has 2 heteroatoms. The van der Waals surface area contributed by atoms with Gasteiger partial charge in [0.25, 0.3) is 0 Å². The van der Waals surface area contributed by atoms with Crippen molar-refractivity contribution in [3.63, 3.8) is 0 Å². The summed E-state index contributed by atoms with van der Waals surface area (Å²) in [5.41, 5.74) is 1.73. The van der Waals surface area contributed by atoms with Crippen molar-refractivity contribution in [2.75, 3.05) is 13.6 Å². The average molecular weight is 268 g/mol. The highest BCUT2D eigenvalue weighted by Gasteiger charge is 2.27. The molecule has 18 heavy (non-hydrogen) atoms. The van der Waals surface area contributed by atoms with Gasteiger partial charge >= 0.3 is 0 Å². The molecule has 1 N–H and O–H groups in total. The summed E-state index contributed by atoms with van der Waals surface area (Å²) in [4.78, 5) is 0. The minimum absolute atomic E-state index is 0.370. The molecule has 1 aromatic rings. The molecule has 0 aliphatic carbocycles. The maximum Gasteiger partial charge on any atom is 0.0408 e. The molecule has 0 amide bonds. The second-order valence-corrected chi connectivity index (χ2v) is 5.73. The van der Waals surface area contributed by atoms with Crippen LogP contribution in [0.25, 0.3) is 0 Å². The van der Waals surface area contributed by atoms with Gasteiger partial charge in [-0.2, -0.15) is 0 Å². The van der Waals surface area contributed by atoms with Crippen LogP contribution in [-0.2, 0) is 6.42 Å². The molecule has 0 radical (unpaired) electrons. The van der Waals surface area contributed by atoms with Crippen LogP contribution in [0.3, 0.4) is 0 Å². The van der Waals surface area contributed by atoms with Crippen LogP contribution in [0, 0.1) is 5.41 Å². The lowest BCUT2D eigenvalue weighted by Gasteiger charge is -2.33. The number of halogens is 1. The van der Waals surface area contributed by atoms with Gasteiger partial charge in [-0.25, -0.2) is 0 Å². The summed E-state index contributed by atoms with van der Waals surface area (Å²) in [6, 6.07) is 8.30. The summed E-state index contributed by atoms with van der Waals surface area (Å²) in [5, 5.41) is 4.22. The van der Waals surface area contributed by atoms with Gasteiger partial charge < -0.3 is 5.32 Å². The number of hydrogen-bond donors (Lipinski definition) is 1. The first-order valence-corrected chi connectivity index (χ1v) is 7.42. The van der Waals surface area contributed by atoms with Crippen LogP contribution >= 0.6 is 11.6 Å². The Kier molecular flexibility index (Phi) is 6.73. The van der Waals surface area contributed by atoms with Crippen LogP contribution in [0.15, 0.2) is 24.3 Å². The summed E-state index contributed by atoms with van der Waals surface area (Å²) < 4.78 is 0. The Morgan fingerprint density at radius 2 is 2.06 bits per heavy atom. The van der Waals surface area contributed by atoms with E-state index in [0.29, 0.717) is 5.41 Å². The van der Waals surface area contributed by atoms with Crippen molar-refractivity contribution in [3.05, 3.63) is 34.9 Å². The molecule has 1 aromatic carbocycles. The molecule has 1 unspecified atom stereocenters. The Hall–Kier alpha value is -0.530. The third kappa shape index (κ3) is 4.62. The molecule has 0 aliphatic rings. The van der Waals surface area contributed by atoms with Crippen molar-refractivity contribution in [2.24, 2.45) is 5.41 Å². The van der Waals surface area contributed by atoms with Crippen molar-refractivity contribution in [1.29, 1.82) is 0 Å². The monoisotopic (exact) mass is 267 g/mol. The molecule has 102 valence electrons. The summed E-state index contributed by atoms with van der Waals surface area (Å²) in [7, 11) is 2.05. The highest BCUT2D eigenvalue weighted by molar-refractivity contribution is 6.30. The molecule has 0 aliphatic heterocycles. The Labute approximate surface area is 117 Å². The van der Waals surface area contributed by atoms with Crippen molar-refractivity contribution in [3.8, 4) is 0 Å². The zero-order valence-electron chi connectivity index (χ0n) is 11.9. The number of unbranched alkanes of at least 4 members (excludes halogenated alkanes) is 1. The minimum atomic E-state index is 0.370. The van der Waals surface area contributed by atoms with Crippen molar-refractivity contribution >= 4 is 11.6 Å². The molecule has 0 saturated carbocycles. The van der Waals surface area contributed by atoms with Crippen LogP contribution < -0.4 is 5.32 Å². The smallest absolute Gasteiger partial charge is 0.0408 e. The molecular formula is C16H26ClN. The summed E-state index contributed by atoms with van der Waals surface area (Å²) in [5.74, 6) is 0. The second kappa shape index (κ2) is 7.81. The van der Waals surface area contributed by atoms with Crippen molar-refractivity contribution in [2.45, 2.75) is 46.0 Å². The molecule has 0 spiro atoms. The first-order valence-electron chi connectivity index (χ1n) is 7.05. The lowest BCUT2D eigenvalue weighted by Crippen LogP contribution is -2.34. The van der Waals surface area contributed by atoms with E-state index >= 15 is 0 Å². The molecule has 0 aromatic heterocycles. The topological polar surface area (TPSA) is 12.0 Å². The van der Waals surface area contributed by atoms with Crippen LogP contribution in [0.5, 0.6) is 0 Å². The van der Waals surface area contributed by atoms with Gasteiger partial charge in [0.2, 0.25) is 0 Å². The van der Waals surface area contributed by atoms with Gasteiger partial charge in [0.05, 0.1) is 0 Å². The van der Waals surface area contributed by atoms with Crippen molar-refractivity contribution in [1.82, 2.24) is 5.32 Å². The molecule has 0 fully saturated rings. The largest absolute Gasteiger partial charge is 0.319 e. The van der Waals surface area contributed by atoms with Crippen LogP contribution in [0.4, 0.5) is 0 Å². The van der Waals surface area contributed by atoms with Crippen LogP contribution in [-0.4, -0.2) is 13.6 Å². The second-order valence-electron chi connectivity index (χ2n) is 5.29. The van der Waals surface area contributed by atoms with Gasteiger partial charge in [-0.15, -0.1) is 0 Å². The lowest BCUT2D eigenvalue weighted by molar-refractivity contribution is 0.235. The standard InChI is InChI=1S/C16H26ClN/c1-4-6-10-16(5-2,13-18-3)12-14-8-7-9-15(17)11-14/h7-9,11,18H,4-6,10,12-13H2,1-3H3. The highest BCUT2D eigenvalue weighted by atomic mass is 35.5. The third-order valence-corrected chi connectivity index (χ3v) is 4.07. The molecule has 1 nitrogen and oxygen atoms in total. The van der Waals surface area contributed by atoms with E-state index in [1.54, 1.807) is 0 Å². The number of nitrogens with one attached hydrogen (secondary N) is 1. The zero-order valence-corrected chi connectivity index (χ0v) is 12.7. The fourth-order valence-corrected chi connectivity index (χ4v) is 2.89. The van der Waals surface area contributed by atoms with E-state index in [1.807, 2.05) is 13.1 Å². The predicted octanol–water partition coefficient (Wildman–Crippen LogP) is 4.69. The molecule has 0 bridgehead atoms. The Morgan fingerprint density at radius 3 is 2.61 bits per heavy atom. The summed E-state index contributed by atoms with van der Waals surface area (Å²) in [6.45, 7) is 5.65. The lowest BCUT2D eigenvalue weighted by atomic mass is 9.75. The molecule has 1 rings (SSSR count). The van der Waals surface area contributed by atoms with E-state index in [1.165, 1.54) is 31.2 Å². The van der Waals surface area contributed by atoms with Gasteiger partial charge in [-0.05, 0) is 49.4 Å². The SMILES string of the molecule is CCCCC(CC)(CNC)Cc1cccc(Cl)c1. The molecule has 0 heterocycles. The van der Waals surface area contributed by atoms with E-state index < -0.39 is 0 Å². The van der Waals surface area contributed by atoms with Gasteiger partial charge in [0.15, 0.2) is 0 Å². The minimum Gasteiger partial charge on any atom is -0.319 e. The quantitative estimate of drug-likeness (QED) is 0.721. The first-order chi connectivity index (χ1) is 8.65. The summed E-state index contributed by atoms with van der Waals surface area (Å²) in [6.07, 6.45) is 6.18. The van der Waals surface area contributed by atoms with E-state index in [9.17, 15) is 0 Å².